The molecule has 1 atom stereocenters. The summed E-state index contributed by atoms with van der Waals surface area (Å²) in [7, 11) is 2.08. The Balaban J connectivity index is 2.04. The van der Waals surface area contributed by atoms with Gasteiger partial charge in [-0.05, 0) is 32.9 Å². The van der Waals surface area contributed by atoms with Crippen LogP contribution in [-0.2, 0) is 0 Å². The van der Waals surface area contributed by atoms with Crippen LogP contribution in [0.15, 0.2) is 6.07 Å². The Hall–Kier alpha value is -1.36. The molecule has 1 aromatic heterocycles. The van der Waals surface area contributed by atoms with Gasteiger partial charge in [0.15, 0.2) is 0 Å². The predicted octanol–water partition coefficient (Wildman–Crippen LogP) is 1.29. The number of likely N-dealkylation sites (tertiary alicyclic amines) is 1. The van der Waals surface area contributed by atoms with E-state index in [1.165, 1.54) is 19.4 Å². The Morgan fingerprint density at radius 1 is 1.50 bits per heavy atom. The summed E-state index contributed by atoms with van der Waals surface area (Å²) in [6.45, 7) is 7.46. The predicted molar refractivity (Wildman–Crippen MR) is 74.7 cm³/mol. The van der Waals surface area contributed by atoms with Gasteiger partial charge in [0.1, 0.15) is 17.5 Å². The van der Waals surface area contributed by atoms with Crippen molar-refractivity contribution in [3.8, 4) is 0 Å². The van der Waals surface area contributed by atoms with Crippen LogP contribution in [0.1, 0.15) is 25.6 Å². The molecule has 0 aliphatic carbocycles. The Bertz CT molecular complexity index is 386. The van der Waals surface area contributed by atoms with Crippen molar-refractivity contribution >= 4 is 11.6 Å². The molecule has 1 aliphatic rings. The Kier molecular flexibility index (Phi) is 4.01. The summed E-state index contributed by atoms with van der Waals surface area (Å²) >= 11 is 0. The van der Waals surface area contributed by atoms with Gasteiger partial charge in [-0.3, -0.25) is 4.90 Å². The van der Waals surface area contributed by atoms with Gasteiger partial charge in [0.25, 0.3) is 0 Å². The molecule has 1 aromatic rings. The molecule has 1 aliphatic heterocycles. The second-order valence-corrected chi connectivity index (χ2v) is 5.00. The molecule has 18 heavy (non-hydrogen) atoms. The van der Waals surface area contributed by atoms with Crippen molar-refractivity contribution in [2.24, 2.45) is 0 Å². The first-order chi connectivity index (χ1) is 8.60. The quantitative estimate of drug-likeness (QED) is 0.871. The topological polar surface area (TPSA) is 58.3 Å². The average molecular weight is 249 g/mol. The molecule has 0 radical (unpaired) electrons. The summed E-state index contributed by atoms with van der Waals surface area (Å²) in [4.78, 5) is 13.3. The van der Waals surface area contributed by atoms with Gasteiger partial charge in [-0.25, -0.2) is 9.97 Å². The highest BCUT2D eigenvalue weighted by Gasteiger charge is 2.24. The van der Waals surface area contributed by atoms with Crippen molar-refractivity contribution in [1.82, 2.24) is 14.9 Å². The van der Waals surface area contributed by atoms with Crippen LogP contribution in [0.5, 0.6) is 0 Å². The van der Waals surface area contributed by atoms with Gasteiger partial charge in [0, 0.05) is 25.7 Å². The van der Waals surface area contributed by atoms with Crippen LogP contribution in [0.3, 0.4) is 0 Å². The lowest BCUT2D eigenvalue weighted by atomic mass is 10.2. The summed E-state index contributed by atoms with van der Waals surface area (Å²) in [6, 6.07) is 2.48. The number of likely N-dealkylation sites (N-methyl/N-ethyl adjacent to an activating group) is 2. The van der Waals surface area contributed by atoms with Gasteiger partial charge >= 0.3 is 0 Å². The average Bonchev–Trinajstić information content (AvgIpc) is 2.75. The largest absolute Gasteiger partial charge is 0.384 e. The Labute approximate surface area is 109 Å². The number of aryl methyl sites for hydroxylation is 1. The maximum Gasteiger partial charge on any atom is 0.134 e. The lowest BCUT2D eigenvalue weighted by molar-refractivity contribution is 0.270. The van der Waals surface area contributed by atoms with E-state index >= 15 is 0 Å². The van der Waals surface area contributed by atoms with E-state index in [4.69, 9.17) is 5.73 Å². The van der Waals surface area contributed by atoms with Crippen molar-refractivity contribution in [3.05, 3.63) is 11.9 Å². The third kappa shape index (κ3) is 2.90. The fourth-order valence-electron chi connectivity index (χ4n) is 2.70. The van der Waals surface area contributed by atoms with E-state index in [0.29, 0.717) is 11.9 Å². The highest BCUT2D eigenvalue weighted by molar-refractivity contribution is 5.46. The van der Waals surface area contributed by atoms with E-state index in [1.54, 1.807) is 0 Å². The standard InChI is InChI=1S/C13H23N5/c1-4-18-7-5-6-11(18)9-17(3)13-8-12(14)15-10(2)16-13/h8,11H,4-7,9H2,1-3H3,(H2,14,15,16). The molecule has 5 nitrogen and oxygen atoms in total. The monoisotopic (exact) mass is 249 g/mol. The molecular weight excluding hydrogens is 226 g/mol. The van der Waals surface area contributed by atoms with E-state index in [0.717, 1.165) is 24.7 Å². The molecule has 0 aromatic carbocycles. The van der Waals surface area contributed by atoms with Crippen LogP contribution in [0, 0.1) is 6.92 Å². The van der Waals surface area contributed by atoms with Gasteiger partial charge in [-0.1, -0.05) is 6.92 Å². The minimum Gasteiger partial charge on any atom is -0.384 e. The maximum absolute atomic E-state index is 5.77. The number of rotatable bonds is 4. The third-order valence-corrected chi connectivity index (χ3v) is 3.63. The Morgan fingerprint density at radius 3 is 2.94 bits per heavy atom. The highest BCUT2D eigenvalue weighted by Crippen LogP contribution is 2.20. The van der Waals surface area contributed by atoms with Gasteiger partial charge in [-0.15, -0.1) is 0 Å². The minimum absolute atomic E-state index is 0.545. The summed E-state index contributed by atoms with van der Waals surface area (Å²) in [5.41, 5.74) is 5.77. The minimum atomic E-state index is 0.545. The Morgan fingerprint density at radius 2 is 2.28 bits per heavy atom. The lowest BCUT2D eigenvalue weighted by Gasteiger charge is -2.28. The second-order valence-electron chi connectivity index (χ2n) is 5.00. The normalized spacial score (nSPS) is 20.3. The van der Waals surface area contributed by atoms with E-state index in [1.807, 2.05) is 13.0 Å². The molecule has 1 unspecified atom stereocenters. The molecule has 1 fully saturated rings. The van der Waals surface area contributed by atoms with Crippen LogP contribution in [-0.4, -0.2) is 47.6 Å². The first kappa shape index (κ1) is 13.1. The zero-order chi connectivity index (χ0) is 13.1. The van der Waals surface area contributed by atoms with E-state index < -0.39 is 0 Å². The fourth-order valence-corrected chi connectivity index (χ4v) is 2.70. The zero-order valence-electron chi connectivity index (χ0n) is 11.6. The maximum atomic E-state index is 5.77. The van der Waals surface area contributed by atoms with Gasteiger partial charge in [-0.2, -0.15) is 0 Å². The van der Waals surface area contributed by atoms with Crippen LogP contribution in [0.4, 0.5) is 11.6 Å². The number of nitrogens with two attached hydrogens (primary N) is 1. The molecule has 5 heteroatoms. The molecule has 0 spiro atoms. The molecule has 100 valence electrons. The smallest absolute Gasteiger partial charge is 0.134 e. The SMILES string of the molecule is CCN1CCCC1CN(C)c1cc(N)nc(C)n1. The van der Waals surface area contributed by atoms with Crippen LogP contribution >= 0.6 is 0 Å². The number of nitrogen functional groups attached to an aromatic ring is 1. The van der Waals surface area contributed by atoms with Crippen molar-refractivity contribution in [3.63, 3.8) is 0 Å². The highest BCUT2D eigenvalue weighted by atomic mass is 15.2. The van der Waals surface area contributed by atoms with Gasteiger partial charge in [0.2, 0.25) is 0 Å². The van der Waals surface area contributed by atoms with Crippen LogP contribution in [0.2, 0.25) is 0 Å². The molecule has 2 rings (SSSR count). The molecular formula is C13H23N5. The number of anilines is 2. The van der Waals surface area contributed by atoms with Crippen molar-refractivity contribution < 1.29 is 0 Å². The van der Waals surface area contributed by atoms with E-state index in [2.05, 4.69) is 33.7 Å². The van der Waals surface area contributed by atoms with Gasteiger partial charge in [0.05, 0.1) is 0 Å². The summed E-state index contributed by atoms with van der Waals surface area (Å²) < 4.78 is 0. The first-order valence-electron chi connectivity index (χ1n) is 6.66. The lowest BCUT2D eigenvalue weighted by Crippen LogP contribution is -2.39. The third-order valence-electron chi connectivity index (χ3n) is 3.63. The summed E-state index contributed by atoms with van der Waals surface area (Å²) in [5.74, 6) is 2.20. The fraction of sp³-hybridized carbons (Fsp3) is 0.692. The van der Waals surface area contributed by atoms with Crippen LogP contribution < -0.4 is 10.6 Å². The number of nitrogens with zero attached hydrogens (tertiary/aromatic N) is 4. The van der Waals surface area contributed by atoms with Gasteiger partial charge < -0.3 is 10.6 Å². The van der Waals surface area contributed by atoms with Crippen LogP contribution in [0.25, 0.3) is 0 Å². The number of hydrogen-bond acceptors (Lipinski definition) is 5. The van der Waals surface area contributed by atoms with Crippen molar-refractivity contribution in [2.45, 2.75) is 32.7 Å². The van der Waals surface area contributed by atoms with E-state index in [9.17, 15) is 0 Å². The molecule has 2 heterocycles. The summed E-state index contributed by atoms with van der Waals surface area (Å²) in [6.07, 6.45) is 2.58. The second kappa shape index (κ2) is 5.52. The van der Waals surface area contributed by atoms with Crippen molar-refractivity contribution in [2.75, 3.05) is 37.3 Å². The zero-order valence-corrected chi connectivity index (χ0v) is 11.6. The molecule has 0 saturated carbocycles. The number of hydrogen-bond donors (Lipinski definition) is 1. The van der Waals surface area contributed by atoms with E-state index in [-0.39, 0.29) is 0 Å². The molecule has 2 N–H and O–H groups in total. The first-order valence-corrected chi connectivity index (χ1v) is 6.66. The molecule has 0 amide bonds. The molecule has 1 saturated heterocycles. The number of aromatic nitrogens is 2. The molecule has 0 bridgehead atoms. The van der Waals surface area contributed by atoms with Crippen molar-refractivity contribution in [1.29, 1.82) is 0 Å². The summed E-state index contributed by atoms with van der Waals surface area (Å²) in [5, 5.41) is 0.